The normalized spacial score (nSPS) is 14.7. The first-order valence-corrected chi connectivity index (χ1v) is 8.54. The molecule has 0 bridgehead atoms. The monoisotopic (exact) mass is 336 g/mol. The van der Waals surface area contributed by atoms with Crippen LogP contribution in [-0.4, -0.2) is 46.1 Å². The number of fused-ring (bicyclic) bond motifs is 1. The Morgan fingerprint density at radius 3 is 2.60 bits per heavy atom. The molecule has 4 rings (SSSR count). The van der Waals surface area contributed by atoms with Crippen LogP contribution in [0.15, 0.2) is 42.6 Å². The minimum atomic E-state index is -0.142. The molecule has 2 heterocycles. The standard InChI is InChI=1S/C19H20N4O2/c1-25-17-8-7-14-11-16(6-5-15(14)12-17)18-13-20-23(21-18)19(24)22-9-3-2-4-10-22/h5-8,11-13H,2-4,9-10H2,1H3. The second kappa shape index (κ2) is 6.55. The zero-order valence-electron chi connectivity index (χ0n) is 14.2. The van der Waals surface area contributed by atoms with E-state index >= 15 is 0 Å². The number of ether oxygens (including phenoxy) is 1. The number of nitrogens with zero attached hydrogens (tertiary/aromatic N) is 4. The second-order valence-electron chi connectivity index (χ2n) is 6.28. The van der Waals surface area contributed by atoms with Gasteiger partial charge < -0.3 is 9.64 Å². The Morgan fingerprint density at radius 2 is 1.80 bits per heavy atom. The fraction of sp³-hybridized carbons (Fsp3) is 0.316. The Hall–Kier alpha value is -2.89. The lowest BCUT2D eigenvalue weighted by molar-refractivity contribution is 0.181. The van der Waals surface area contributed by atoms with Gasteiger partial charge in [0, 0.05) is 18.7 Å². The van der Waals surface area contributed by atoms with Crippen LogP contribution >= 0.6 is 0 Å². The molecular weight excluding hydrogens is 316 g/mol. The van der Waals surface area contributed by atoms with E-state index in [0.29, 0.717) is 5.69 Å². The molecular formula is C19H20N4O2. The highest BCUT2D eigenvalue weighted by Gasteiger charge is 2.20. The van der Waals surface area contributed by atoms with Crippen molar-refractivity contribution < 1.29 is 9.53 Å². The maximum Gasteiger partial charge on any atom is 0.362 e. The molecule has 0 aliphatic carbocycles. The van der Waals surface area contributed by atoms with E-state index in [2.05, 4.69) is 16.3 Å². The van der Waals surface area contributed by atoms with Crippen LogP contribution in [0.2, 0.25) is 0 Å². The molecule has 1 amide bonds. The minimum absolute atomic E-state index is 0.142. The summed E-state index contributed by atoms with van der Waals surface area (Å²) >= 11 is 0. The Balaban J connectivity index is 1.61. The van der Waals surface area contributed by atoms with Gasteiger partial charge in [-0.25, -0.2) is 4.79 Å². The summed E-state index contributed by atoms with van der Waals surface area (Å²) in [6.45, 7) is 1.57. The predicted molar refractivity (Wildman–Crippen MR) is 95.7 cm³/mol. The zero-order valence-corrected chi connectivity index (χ0v) is 14.2. The lowest BCUT2D eigenvalue weighted by atomic mass is 10.1. The third-order valence-corrected chi connectivity index (χ3v) is 4.63. The minimum Gasteiger partial charge on any atom is -0.497 e. The fourth-order valence-electron chi connectivity index (χ4n) is 3.21. The average molecular weight is 336 g/mol. The van der Waals surface area contributed by atoms with E-state index in [-0.39, 0.29) is 6.03 Å². The highest BCUT2D eigenvalue weighted by molar-refractivity contribution is 5.88. The van der Waals surface area contributed by atoms with Crippen LogP contribution in [0.3, 0.4) is 0 Å². The number of carbonyl (C=O) groups is 1. The Bertz CT molecular complexity index is 913. The molecule has 2 aromatic carbocycles. The number of methoxy groups -OCH3 is 1. The molecule has 128 valence electrons. The summed E-state index contributed by atoms with van der Waals surface area (Å²) in [7, 11) is 1.66. The molecule has 1 saturated heterocycles. The van der Waals surface area contributed by atoms with Crippen molar-refractivity contribution in [3.05, 3.63) is 42.6 Å². The van der Waals surface area contributed by atoms with Gasteiger partial charge >= 0.3 is 6.03 Å². The van der Waals surface area contributed by atoms with Crippen molar-refractivity contribution in [3.63, 3.8) is 0 Å². The molecule has 3 aromatic rings. The molecule has 0 atom stereocenters. The van der Waals surface area contributed by atoms with Gasteiger partial charge in [0.25, 0.3) is 0 Å². The van der Waals surface area contributed by atoms with Gasteiger partial charge in [-0.1, -0.05) is 23.0 Å². The summed E-state index contributed by atoms with van der Waals surface area (Å²) in [6.07, 6.45) is 4.93. The molecule has 0 unspecified atom stereocenters. The third-order valence-electron chi connectivity index (χ3n) is 4.63. The molecule has 1 aliphatic heterocycles. The predicted octanol–water partition coefficient (Wildman–Crippen LogP) is 3.56. The highest BCUT2D eigenvalue weighted by Crippen LogP contribution is 2.26. The maximum atomic E-state index is 12.5. The SMILES string of the molecule is COc1ccc2cc(-c3cnn(C(=O)N4CCCCC4)n3)ccc2c1. The van der Waals surface area contributed by atoms with Crippen LogP contribution in [0.4, 0.5) is 4.79 Å². The summed E-state index contributed by atoms with van der Waals surface area (Å²) in [5.74, 6) is 0.832. The van der Waals surface area contributed by atoms with Crippen LogP contribution in [0, 0.1) is 0 Å². The number of rotatable bonds is 2. The number of amides is 1. The van der Waals surface area contributed by atoms with Gasteiger partial charge in [-0.3, -0.25) is 0 Å². The Kier molecular flexibility index (Phi) is 4.09. The quantitative estimate of drug-likeness (QED) is 0.718. The number of piperidine rings is 1. The molecule has 1 aromatic heterocycles. The first-order valence-electron chi connectivity index (χ1n) is 8.54. The molecule has 0 saturated carbocycles. The summed E-state index contributed by atoms with van der Waals surface area (Å²) in [5.41, 5.74) is 1.64. The van der Waals surface area contributed by atoms with Crippen LogP contribution in [-0.2, 0) is 0 Å². The molecule has 0 radical (unpaired) electrons. The summed E-state index contributed by atoms with van der Waals surface area (Å²) < 4.78 is 5.26. The number of hydrogen-bond acceptors (Lipinski definition) is 4. The van der Waals surface area contributed by atoms with Crippen molar-refractivity contribution in [1.29, 1.82) is 0 Å². The van der Waals surface area contributed by atoms with Crippen LogP contribution in [0.5, 0.6) is 5.75 Å². The number of likely N-dealkylation sites (tertiary alicyclic amines) is 1. The van der Waals surface area contributed by atoms with Crippen LogP contribution in [0.25, 0.3) is 22.0 Å². The first kappa shape index (κ1) is 15.6. The number of benzene rings is 2. The summed E-state index contributed by atoms with van der Waals surface area (Å²) in [4.78, 5) is 15.5. The van der Waals surface area contributed by atoms with E-state index in [4.69, 9.17) is 4.74 Å². The molecule has 25 heavy (non-hydrogen) atoms. The Morgan fingerprint density at radius 1 is 1.04 bits per heavy atom. The molecule has 0 N–H and O–H groups in total. The van der Waals surface area contributed by atoms with E-state index in [1.54, 1.807) is 13.3 Å². The zero-order chi connectivity index (χ0) is 17.2. The second-order valence-corrected chi connectivity index (χ2v) is 6.28. The van der Waals surface area contributed by atoms with Crippen molar-refractivity contribution >= 4 is 16.8 Å². The molecule has 0 spiro atoms. The van der Waals surface area contributed by atoms with E-state index in [0.717, 1.165) is 48.0 Å². The fourth-order valence-corrected chi connectivity index (χ4v) is 3.21. The summed E-state index contributed by atoms with van der Waals surface area (Å²) in [5, 5.41) is 10.7. The Labute approximate surface area is 146 Å². The van der Waals surface area contributed by atoms with Crippen molar-refractivity contribution in [2.45, 2.75) is 19.3 Å². The van der Waals surface area contributed by atoms with E-state index in [1.165, 1.54) is 11.2 Å². The lowest BCUT2D eigenvalue weighted by Gasteiger charge is -2.25. The molecule has 1 aliphatic rings. The maximum absolute atomic E-state index is 12.5. The average Bonchev–Trinajstić information content (AvgIpc) is 3.17. The first-order chi connectivity index (χ1) is 12.2. The smallest absolute Gasteiger partial charge is 0.362 e. The molecule has 6 nitrogen and oxygen atoms in total. The number of aromatic nitrogens is 3. The largest absolute Gasteiger partial charge is 0.497 e. The van der Waals surface area contributed by atoms with E-state index in [9.17, 15) is 4.79 Å². The van der Waals surface area contributed by atoms with Gasteiger partial charge in [0.1, 0.15) is 11.4 Å². The van der Waals surface area contributed by atoms with Crippen LogP contribution < -0.4 is 4.74 Å². The number of carbonyl (C=O) groups excluding carboxylic acids is 1. The van der Waals surface area contributed by atoms with E-state index in [1.807, 2.05) is 35.2 Å². The van der Waals surface area contributed by atoms with Gasteiger partial charge in [-0.15, -0.1) is 5.10 Å². The van der Waals surface area contributed by atoms with Crippen LogP contribution in [0.1, 0.15) is 19.3 Å². The van der Waals surface area contributed by atoms with Gasteiger partial charge in [0.2, 0.25) is 0 Å². The highest BCUT2D eigenvalue weighted by atomic mass is 16.5. The van der Waals surface area contributed by atoms with Crippen molar-refractivity contribution in [2.24, 2.45) is 0 Å². The van der Waals surface area contributed by atoms with E-state index < -0.39 is 0 Å². The van der Waals surface area contributed by atoms with Gasteiger partial charge in [-0.2, -0.15) is 5.10 Å². The van der Waals surface area contributed by atoms with Gasteiger partial charge in [-0.05, 0) is 48.2 Å². The lowest BCUT2D eigenvalue weighted by Crippen LogP contribution is -2.39. The molecule has 6 heteroatoms. The number of hydrogen-bond donors (Lipinski definition) is 0. The van der Waals surface area contributed by atoms with Crippen molar-refractivity contribution in [1.82, 2.24) is 19.9 Å². The van der Waals surface area contributed by atoms with Gasteiger partial charge in [0.15, 0.2) is 0 Å². The van der Waals surface area contributed by atoms with Crippen molar-refractivity contribution in [3.8, 4) is 17.0 Å². The third kappa shape index (κ3) is 3.07. The topological polar surface area (TPSA) is 60.3 Å². The molecule has 1 fully saturated rings. The van der Waals surface area contributed by atoms with Crippen molar-refractivity contribution in [2.75, 3.05) is 20.2 Å². The summed E-state index contributed by atoms with van der Waals surface area (Å²) in [6, 6.07) is 11.9. The van der Waals surface area contributed by atoms with Gasteiger partial charge in [0.05, 0.1) is 13.3 Å².